The van der Waals surface area contributed by atoms with Gasteiger partial charge in [0.2, 0.25) is 0 Å². The van der Waals surface area contributed by atoms with Crippen LogP contribution in [-0.4, -0.2) is 0 Å². The monoisotopic (exact) mass is 282 g/mol. The molecule has 0 nitrogen and oxygen atoms in total. The maximum Gasteiger partial charge on any atom is 0.0242 e. The minimum atomic E-state index is 0.929. The number of terminal acetylenes is 1. The molecule has 106 valence electrons. The van der Waals surface area contributed by atoms with Gasteiger partial charge in [0.15, 0.2) is 0 Å². The van der Waals surface area contributed by atoms with Crippen LogP contribution in [0, 0.1) is 19.3 Å². The molecular weight excluding hydrogens is 264 g/mol. The Morgan fingerprint density at radius 3 is 1.64 bits per heavy atom. The predicted molar refractivity (Wildman–Crippen MR) is 93.8 cm³/mol. The van der Waals surface area contributed by atoms with E-state index >= 15 is 0 Å². The summed E-state index contributed by atoms with van der Waals surface area (Å²) >= 11 is 0. The molecule has 3 aromatic rings. The maximum atomic E-state index is 5.38. The number of hydrogen-bond donors (Lipinski definition) is 0. The van der Waals surface area contributed by atoms with Gasteiger partial charge >= 0.3 is 0 Å². The molecule has 0 amide bonds. The molecule has 0 spiro atoms. The quantitative estimate of drug-likeness (QED) is 0.577. The smallest absolute Gasteiger partial charge is 0.0242 e. The van der Waals surface area contributed by atoms with E-state index in [1.54, 1.807) is 0 Å². The summed E-state index contributed by atoms with van der Waals surface area (Å²) in [6, 6.07) is 25.6. The van der Waals surface area contributed by atoms with Crippen molar-refractivity contribution in [1.29, 1.82) is 0 Å². The summed E-state index contributed by atoms with van der Waals surface area (Å²) < 4.78 is 0. The van der Waals surface area contributed by atoms with Crippen LogP contribution >= 0.6 is 0 Å². The standard InChI is InChI=1S/C22H18/c1-3-18-6-8-19(9-7-18)16-20-10-14-22(15-11-20)21-12-4-17(2)5-13-21/h1,4-15H,16H2,2H3. The Bertz CT molecular complexity index is 783. The van der Waals surface area contributed by atoms with Gasteiger partial charge in [-0.15, -0.1) is 6.42 Å². The van der Waals surface area contributed by atoms with E-state index in [0.29, 0.717) is 0 Å². The number of benzene rings is 3. The Hall–Kier alpha value is -2.78. The molecule has 0 aliphatic carbocycles. The second kappa shape index (κ2) is 6.33. The summed E-state index contributed by atoms with van der Waals surface area (Å²) in [5.41, 5.74) is 7.32. The summed E-state index contributed by atoms with van der Waals surface area (Å²) in [6.45, 7) is 2.11. The van der Waals surface area contributed by atoms with E-state index in [1.165, 1.54) is 27.8 Å². The van der Waals surface area contributed by atoms with Gasteiger partial charge in [-0.25, -0.2) is 0 Å². The fraction of sp³-hybridized carbons (Fsp3) is 0.0909. The van der Waals surface area contributed by atoms with Crippen LogP contribution in [0.1, 0.15) is 22.3 Å². The van der Waals surface area contributed by atoms with E-state index < -0.39 is 0 Å². The van der Waals surface area contributed by atoms with Gasteiger partial charge < -0.3 is 0 Å². The van der Waals surface area contributed by atoms with Gasteiger partial charge in [0.05, 0.1) is 0 Å². The lowest BCUT2D eigenvalue weighted by Crippen LogP contribution is -1.88. The van der Waals surface area contributed by atoms with Crippen LogP contribution in [-0.2, 0) is 6.42 Å². The van der Waals surface area contributed by atoms with Crippen molar-refractivity contribution in [3.8, 4) is 23.5 Å². The molecule has 3 rings (SSSR count). The second-order valence-electron chi connectivity index (χ2n) is 5.58. The Balaban J connectivity index is 1.76. The van der Waals surface area contributed by atoms with Gasteiger partial charge in [0.1, 0.15) is 0 Å². The molecule has 0 atom stereocenters. The molecule has 0 aliphatic heterocycles. The molecule has 0 saturated carbocycles. The number of hydrogen-bond acceptors (Lipinski definition) is 0. The van der Waals surface area contributed by atoms with Crippen molar-refractivity contribution in [2.24, 2.45) is 0 Å². The average Bonchev–Trinajstić information content (AvgIpc) is 2.57. The highest BCUT2D eigenvalue weighted by atomic mass is 14.0. The number of aryl methyl sites for hydroxylation is 1. The van der Waals surface area contributed by atoms with Crippen LogP contribution < -0.4 is 0 Å². The molecule has 0 unspecified atom stereocenters. The molecule has 3 aromatic carbocycles. The minimum absolute atomic E-state index is 0.929. The lowest BCUT2D eigenvalue weighted by molar-refractivity contribution is 1.19. The van der Waals surface area contributed by atoms with E-state index in [2.05, 4.69) is 73.5 Å². The van der Waals surface area contributed by atoms with Crippen LogP contribution in [0.4, 0.5) is 0 Å². The summed E-state index contributed by atoms with van der Waals surface area (Å²) in [6.07, 6.45) is 6.31. The van der Waals surface area contributed by atoms with Crippen molar-refractivity contribution in [2.75, 3.05) is 0 Å². The first-order valence-corrected chi connectivity index (χ1v) is 7.46. The van der Waals surface area contributed by atoms with Gasteiger partial charge in [0.25, 0.3) is 0 Å². The van der Waals surface area contributed by atoms with Gasteiger partial charge in [-0.2, -0.15) is 0 Å². The highest BCUT2D eigenvalue weighted by Gasteiger charge is 2.00. The van der Waals surface area contributed by atoms with E-state index in [9.17, 15) is 0 Å². The summed E-state index contributed by atoms with van der Waals surface area (Å²) in [4.78, 5) is 0. The molecule has 0 radical (unpaired) electrons. The van der Waals surface area contributed by atoms with Crippen LogP contribution in [0.25, 0.3) is 11.1 Å². The highest BCUT2D eigenvalue weighted by molar-refractivity contribution is 5.64. The normalized spacial score (nSPS) is 10.2. The first-order chi connectivity index (χ1) is 10.7. The third-order valence-electron chi connectivity index (χ3n) is 3.87. The van der Waals surface area contributed by atoms with Gasteiger partial charge in [-0.3, -0.25) is 0 Å². The van der Waals surface area contributed by atoms with Crippen molar-refractivity contribution in [3.63, 3.8) is 0 Å². The molecule has 0 saturated heterocycles. The molecule has 0 aromatic heterocycles. The molecule has 0 heterocycles. The SMILES string of the molecule is C#Cc1ccc(Cc2ccc(-c3ccc(C)cc3)cc2)cc1. The summed E-state index contributed by atoms with van der Waals surface area (Å²) in [5.74, 6) is 2.65. The number of rotatable bonds is 3. The zero-order valence-electron chi connectivity index (χ0n) is 12.7. The van der Waals surface area contributed by atoms with E-state index in [4.69, 9.17) is 6.42 Å². The summed E-state index contributed by atoms with van der Waals surface area (Å²) in [5, 5.41) is 0. The molecule has 0 N–H and O–H groups in total. The second-order valence-corrected chi connectivity index (χ2v) is 5.58. The van der Waals surface area contributed by atoms with Gasteiger partial charge in [-0.05, 0) is 47.7 Å². The van der Waals surface area contributed by atoms with Crippen LogP contribution in [0.5, 0.6) is 0 Å². The van der Waals surface area contributed by atoms with Crippen LogP contribution in [0.3, 0.4) is 0 Å². The first-order valence-electron chi connectivity index (χ1n) is 7.46. The zero-order chi connectivity index (χ0) is 15.4. The molecule has 22 heavy (non-hydrogen) atoms. The summed E-state index contributed by atoms with van der Waals surface area (Å²) in [7, 11) is 0. The van der Waals surface area contributed by atoms with Crippen LogP contribution in [0.2, 0.25) is 0 Å². The first kappa shape index (κ1) is 14.2. The molecular formula is C22H18. The molecule has 0 aliphatic rings. The fourth-order valence-corrected chi connectivity index (χ4v) is 2.52. The Kier molecular flexibility index (Phi) is 4.08. The van der Waals surface area contributed by atoms with Crippen molar-refractivity contribution in [2.45, 2.75) is 13.3 Å². The average molecular weight is 282 g/mol. The maximum absolute atomic E-state index is 5.38. The highest BCUT2D eigenvalue weighted by Crippen LogP contribution is 2.21. The van der Waals surface area contributed by atoms with Crippen molar-refractivity contribution in [3.05, 3.63) is 95.1 Å². The Morgan fingerprint density at radius 1 is 0.682 bits per heavy atom. The van der Waals surface area contributed by atoms with Gasteiger partial charge in [0, 0.05) is 5.56 Å². The lowest BCUT2D eigenvalue weighted by atomic mass is 9.99. The molecule has 0 fully saturated rings. The van der Waals surface area contributed by atoms with Gasteiger partial charge in [-0.1, -0.05) is 72.1 Å². The molecule has 0 bridgehead atoms. The van der Waals surface area contributed by atoms with Crippen molar-refractivity contribution in [1.82, 2.24) is 0 Å². The third kappa shape index (κ3) is 3.27. The van der Waals surface area contributed by atoms with E-state index in [1.807, 2.05) is 12.1 Å². The largest absolute Gasteiger partial charge is 0.115 e. The van der Waals surface area contributed by atoms with Crippen molar-refractivity contribution < 1.29 is 0 Å². The Labute approximate surface area is 132 Å². The van der Waals surface area contributed by atoms with E-state index in [-0.39, 0.29) is 0 Å². The molecule has 0 heteroatoms. The van der Waals surface area contributed by atoms with Crippen molar-refractivity contribution >= 4 is 0 Å². The predicted octanol–water partition coefficient (Wildman–Crippen LogP) is 5.23. The third-order valence-corrected chi connectivity index (χ3v) is 3.87. The van der Waals surface area contributed by atoms with Crippen LogP contribution in [0.15, 0.2) is 72.8 Å². The Morgan fingerprint density at radius 2 is 1.14 bits per heavy atom. The van der Waals surface area contributed by atoms with E-state index in [0.717, 1.165) is 12.0 Å². The zero-order valence-corrected chi connectivity index (χ0v) is 12.7. The minimum Gasteiger partial charge on any atom is -0.115 e. The fourth-order valence-electron chi connectivity index (χ4n) is 2.52. The topological polar surface area (TPSA) is 0 Å². The lowest BCUT2D eigenvalue weighted by Gasteiger charge is -2.06.